The van der Waals surface area contributed by atoms with Crippen LogP contribution in [0.25, 0.3) is 0 Å². The highest BCUT2D eigenvalue weighted by atomic mass is 79.9. The zero-order valence-corrected chi connectivity index (χ0v) is 18.6. The number of carbonyl (C=O) groups excluding carboxylic acids is 1. The minimum Gasteiger partial charge on any atom is -0.352 e. The predicted octanol–water partition coefficient (Wildman–Crippen LogP) is 3.86. The third kappa shape index (κ3) is 6.55. The number of anilines is 1. The van der Waals surface area contributed by atoms with Gasteiger partial charge in [0.1, 0.15) is 0 Å². The second-order valence-electron chi connectivity index (χ2n) is 7.15. The summed E-state index contributed by atoms with van der Waals surface area (Å²) in [6.45, 7) is 3.89. The number of halogens is 1. The van der Waals surface area contributed by atoms with Crippen molar-refractivity contribution in [1.29, 1.82) is 0 Å². The molecule has 0 bridgehead atoms. The minimum absolute atomic E-state index is 0.160. The summed E-state index contributed by atoms with van der Waals surface area (Å²) in [6.07, 6.45) is 4.74. The molecule has 1 amide bonds. The number of carbonyl (C=O) groups is 1. The Morgan fingerprint density at radius 1 is 1.03 bits per heavy atom. The Morgan fingerprint density at radius 3 is 2.48 bits per heavy atom. The molecule has 0 aliphatic carbocycles. The maximum atomic E-state index is 12.5. The Kier molecular flexibility index (Phi) is 7.69. The van der Waals surface area contributed by atoms with Gasteiger partial charge in [-0.3, -0.25) is 9.52 Å². The third-order valence-electron chi connectivity index (χ3n) is 4.89. The van der Waals surface area contributed by atoms with Gasteiger partial charge < -0.3 is 10.2 Å². The molecule has 2 aromatic rings. The largest absolute Gasteiger partial charge is 0.352 e. The van der Waals surface area contributed by atoms with Crippen molar-refractivity contribution in [3.05, 3.63) is 58.6 Å². The average Bonchev–Trinajstić information content (AvgIpc) is 2.72. The van der Waals surface area contributed by atoms with Gasteiger partial charge in [0.15, 0.2) is 0 Å². The number of nitrogens with one attached hydrogen (secondary N) is 2. The number of likely N-dealkylation sites (tertiary alicyclic amines) is 1. The van der Waals surface area contributed by atoms with Crippen molar-refractivity contribution in [3.63, 3.8) is 0 Å². The highest BCUT2D eigenvalue weighted by Crippen LogP contribution is 2.19. The van der Waals surface area contributed by atoms with Crippen LogP contribution in [-0.2, 0) is 10.0 Å². The van der Waals surface area contributed by atoms with Gasteiger partial charge in [-0.15, -0.1) is 0 Å². The third-order valence-corrected chi connectivity index (χ3v) is 6.81. The van der Waals surface area contributed by atoms with E-state index in [1.54, 1.807) is 36.4 Å². The van der Waals surface area contributed by atoms with Gasteiger partial charge in [0.05, 0.1) is 4.90 Å². The summed E-state index contributed by atoms with van der Waals surface area (Å²) in [5.41, 5.74) is 0.785. The van der Waals surface area contributed by atoms with E-state index in [1.807, 2.05) is 0 Å². The number of hydrogen-bond donors (Lipinski definition) is 2. The van der Waals surface area contributed by atoms with E-state index in [0.717, 1.165) is 30.5 Å². The number of hydrogen-bond acceptors (Lipinski definition) is 4. The van der Waals surface area contributed by atoms with Crippen LogP contribution in [0.1, 0.15) is 36.0 Å². The first kappa shape index (κ1) is 21.8. The average molecular weight is 480 g/mol. The molecular formula is C21H26BrN3O3S. The normalized spacial score (nSPS) is 15.1. The predicted molar refractivity (Wildman–Crippen MR) is 119 cm³/mol. The van der Waals surface area contributed by atoms with E-state index in [0.29, 0.717) is 17.8 Å². The van der Waals surface area contributed by atoms with E-state index in [4.69, 9.17) is 0 Å². The lowest BCUT2D eigenvalue weighted by Crippen LogP contribution is -2.33. The number of sulfonamides is 1. The first-order valence-electron chi connectivity index (χ1n) is 9.83. The molecule has 1 saturated heterocycles. The summed E-state index contributed by atoms with van der Waals surface area (Å²) in [6, 6.07) is 12.9. The second kappa shape index (κ2) is 10.2. The lowest BCUT2D eigenvalue weighted by Gasteiger charge is -2.26. The molecule has 0 unspecified atom stereocenters. The van der Waals surface area contributed by atoms with Gasteiger partial charge in [-0.05, 0) is 81.4 Å². The van der Waals surface area contributed by atoms with E-state index in [1.165, 1.54) is 31.4 Å². The van der Waals surface area contributed by atoms with Crippen molar-refractivity contribution >= 4 is 37.5 Å². The van der Waals surface area contributed by atoms with E-state index >= 15 is 0 Å². The molecule has 0 atom stereocenters. The van der Waals surface area contributed by atoms with Gasteiger partial charge >= 0.3 is 0 Å². The fourth-order valence-electron chi connectivity index (χ4n) is 3.34. The molecule has 0 spiro atoms. The molecule has 1 heterocycles. The molecule has 29 heavy (non-hydrogen) atoms. The van der Waals surface area contributed by atoms with Crippen LogP contribution in [0.2, 0.25) is 0 Å². The lowest BCUT2D eigenvalue weighted by molar-refractivity contribution is 0.0951. The van der Waals surface area contributed by atoms with Crippen LogP contribution in [-0.4, -0.2) is 45.4 Å². The Balaban J connectivity index is 1.54. The Hall–Kier alpha value is -1.90. The van der Waals surface area contributed by atoms with E-state index in [2.05, 4.69) is 30.9 Å². The summed E-state index contributed by atoms with van der Waals surface area (Å²) in [5, 5.41) is 2.92. The molecule has 1 aliphatic heterocycles. The van der Waals surface area contributed by atoms with Gasteiger partial charge in [-0.1, -0.05) is 28.4 Å². The van der Waals surface area contributed by atoms with Crippen LogP contribution in [0.15, 0.2) is 57.9 Å². The van der Waals surface area contributed by atoms with E-state index in [9.17, 15) is 13.2 Å². The van der Waals surface area contributed by atoms with Gasteiger partial charge in [-0.2, -0.15) is 0 Å². The molecule has 2 N–H and O–H groups in total. The van der Waals surface area contributed by atoms with Crippen molar-refractivity contribution < 1.29 is 13.2 Å². The maximum absolute atomic E-state index is 12.5. The standard InChI is InChI=1S/C21H26BrN3O3S/c22-18-8-10-20(11-9-18)29(27,28)24-19-7-4-6-17(16-19)21(26)23-12-5-15-25-13-2-1-3-14-25/h4,6-11,16,24H,1-3,5,12-15H2,(H,23,26). The number of rotatable bonds is 8. The van der Waals surface area contributed by atoms with Crippen LogP contribution in [0.3, 0.4) is 0 Å². The molecule has 6 nitrogen and oxygen atoms in total. The zero-order chi connectivity index (χ0) is 20.7. The number of nitrogens with zero attached hydrogens (tertiary/aromatic N) is 1. The molecule has 8 heteroatoms. The van der Waals surface area contributed by atoms with Crippen LogP contribution in [0.4, 0.5) is 5.69 Å². The highest BCUT2D eigenvalue weighted by Gasteiger charge is 2.15. The highest BCUT2D eigenvalue weighted by molar-refractivity contribution is 9.10. The molecule has 0 radical (unpaired) electrons. The number of amides is 1. The molecule has 2 aromatic carbocycles. The topological polar surface area (TPSA) is 78.5 Å². The summed E-state index contributed by atoms with van der Waals surface area (Å²) in [7, 11) is -3.71. The summed E-state index contributed by atoms with van der Waals surface area (Å²) >= 11 is 3.29. The SMILES string of the molecule is O=C(NCCCN1CCCCC1)c1cccc(NS(=O)(=O)c2ccc(Br)cc2)c1. The zero-order valence-electron chi connectivity index (χ0n) is 16.2. The van der Waals surface area contributed by atoms with Crippen molar-refractivity contribution in [2.75, 3.05) is 30.9 Å². The first-order valence-corrected chi connectivity index (χ1v) is 12.1. The maximum Gasteiger partial charge on any atom is 0.261 e. The van der Waals surface area contributed by atoms with Crippen molar-refractivity contribution in [2.45, 2.75) is 30.6 Å². The van der Waals surface area contributed by atoms with E-state index in [-0.39, 0.29) is 10.8 Å². The van der Waals surface area contributed by atoms with Crippen molar-refractivity contribution in [1.82, 2.24) is 10.2 Å². The van der Waals surface area contributed by atoms with Crippen LogP contribution >= 0.6 is 15.9 Å². The summed E-state index contributed by atoms with van der Waals surface area (Å²) in [5.74, 6) is -0.201. The first-order chi connectivity index (χ1) is 13.9. The van der Waals surface area contributed by atoms with Gasteiger partial charge in [-0.25, -0.2) is 8.42 Å². The molecule has 0 aromatic heterocycles. The van der Waals surface area contributed by atoms with Crippen LogP contribution < -0.4 is 10.0 Å². The fourth-order valence-corrected chi connectivity index (χ4v) is 4.66. The molecule has 156 valence electrons. The van der Waals surface area contributed by atoms with Crippen molar-refractivity contribution in [3.8, 4) is 0 Å². The van der Waals surface area contributed by atoms with Crippen LogP contribution in [0, 0.1) is 0 Å². The molecule has 3 rings (SSSR count). The number of piperidine rings is 1. The number of benzene rings is 2. The quantitative estimate of drug-likeness (QED) is 0.563. The summed E-state index contributed by atoms with van der Waals surface area (Å²) < 4.78 is 28.4. The molecule has 1 fully saturated rings. The Labute approximate surface area is 180 Å². The van der Waals surface area contributed by atoms with Gasteiger partial charge in [0, 0.05) is 22.3 Å². The smallest absolute Gasteiger partial charge is 0.261 e. The van der Waals surface area contributed by atoms with Crippen molar-refractivity contribution in [2.24, 2.45) is 0 Å². The minimum atomic E-state index is -3.71. The van der Waals surface area contributed by atoms with Crippen LogP contribution in [0.5, 0.6) is 0 Å². The Morgan fingerprint density at radius 2 is 1.76 bits per heavy atom. The molecule has 0 saturated carbocycles. The molecule has 1 aliphatic rings. The monoisotopic (exact) mass is 479 g/mol. The lowest BCUT2D eigenvalue weighted by atomic mass is 10.1. The van der Waals surface area contributed by atoms with Gasteiger partial charge in [0.2, 0.25) is 0 Å². The summed E-state index contributed by atoms with van der Waals surface area (Å²) in [4.78, 5) is 15.0. The fraction of sp³-hybridized carbons (Fsp3) is 0.381. The molecular weight excluding hydrogens is 454 g/mol. The second-order valence-corrected chi connectivity index (χ2v) is 9.75. The van der Waals surface area contributed by atoms with Gasteiger partial charge in [0.25, 0.3) is 15.9 Å². The Bertz CT molecular complexity index is 926. The van der Waals surface area contributed by atoms with E-state index < -0.39 is 10.0 Å².